The summed E-state index contributed by atoms with van der Waals surface area (Å²) in [4.78, 5) is 10.7. The maximum absolute atomic E-state index is 10.7. The molecule has 1 N–H and O–H groups in total. The van der Waals surface area contributed by atoms with Crippen LogP contribution in [0.15, 0.2) is 18.2 Å². The van der Waals surface area contributed by atoms with Crippen molar-refractivity contribution < 1.29 is 4.79 Å². The van der Waals surface area contributed by atoms with Gasteiger partial charge in [0.25, 0.3) is 0 Å². The minimum Gasteiger partial charge on any atom is -0.375 e. The van der Waals surface area contributed by atoms with E-state index in [1.54, 1.807) is 0 Å². The van der Waals surface area contributed by atoms with Crippen LogP contribution in [0, 0.1) is 0 Å². The van der Waals surface area contributed by atoms with E-state index in [4.69, 9.17) is 0 Å². The number of aldehydes is 1. The Hall–Kier alpha value is -0.830. The lowest BCUT2D eigenvalue weighted by atomic mass is 10.0. The zero-order chi connectivity index (χ0) is 9.97. The second-order valence-electron chi connectivity index (χ2n) is 3.47. The average molecular weight is 254 g/mol. The third kappa shape index (κ3) is 1.69. The van der Waals surface area contributed by atoms with Gasteiger partial charge in [-0.25, -0.2) is 0 Å². The van der Waals surface area contributed by atoms with E-state index in [-0.39, 0.29) is 6.04 Å². The lowest BCUT2D eigenvalue weighted by Gasteiger charge is -2.04. The molecular weight excluding hydrogens is 242 g/mol. The molecule has 0 spiro atoms. The standard InChI is InChI=1S/C11H12BrNO/c12-5-4-8-2-1-3-11-10(8)6-9(7-14)13-11/h1-3,7,9,13H,4-6H2. The molecule has 2 rings (SSSR count). The Morgan fingerprint density at radius 2 is 2.43 bits per heavy atom. The van der Waals surface area contributed by atoms with Gasteiger partial charge in [0, 0.05) is 17.4 Å². The molecule has 1 aromatic carbocycles. The Kier molecular flexibility index (Phi) is 2.87. The van der Waals surface area contributed by atoms with E-state index < -0.39 is 0 Å². The average Bonchev–Trinajstić information content (AvgIpc) is 2.62. The molecule has 0 fully saturated rings. The van der Waals surface area contributed by atoms with Crippen LogP contribution in [0.3, 0.4) is 0 Å². The van der Waals surface area contributed by atoms with E-state index in [0.717, 1.165) is 30.1 Å². The van der Waals surface area contributed by atoms with Gasteiger partial charge in [-0.05, 0) is 23.6 Å². The maximum Gasteiger partial charge on any atom is 0.142 e. The molecule has 0 bridgehead atoms. The van der Waals surface area contributed by atoms with Crippen LogP contribution in [0.2, 0.25) is 0 Å². The summed E-state index contributed by atoms with van der Waals surface area (Å²) in [7, 11) is 0. The molecule has 0 saturated heterocycles. The van der Waals surface area contributed by atoms with Crippen molar-refractivity contribution in [3.63, 3.8) is 0 Å². The first-order valence-corrected chi connectivity index (χ1v) is 5.86. The predicted molar refractivity (Wildman–Crippen MR) is 61.1 cm³/mol. The minimum absolute atomic E-state index is 0.0264. The Balaban J connectivity index is 2.31. The van der Waals surface area contributed by atoms with Gasteiger partial charge in [-0.2, -0.15) is 0 Å². The minimum atomic E-state index is -0.0264. The molecule has 1 aromatic rings. The zero-order valence-electron chi connectivity index (χ0n) is 7.79. The molecule has 1 unspecified atom stereocenters. The predicted octanol–water partition coefficient (Wildman–Crippen LogP) is 2.16. The molecule has 1 heterocycles. The molecule has 1 aliphatic heterocycles. The quantitative estimate of drug-likeness (QED) is 0.661. The van der Waals surface area contributed by atoms with Crippen LogP contribution >= 0.6 is 15.9 Å². The summed E-state index contributed by atoms with van der Waals surface area (Å²) in [5, 5.41) is 4.17. The topological polar surface area (TPSA) is 29.1 Å². The fourth-order valence-electron chi connectivity index (χ4n) is 1.90. The Morgan fingerprint density at radius 3 is 3.14 bits per heavy atom. The highest BCUT2D eigenvalue weighted by molar-refractivity contribution is 9.09. The van der Waals surface area contributed by atoms with Gasteiger partial charge in [-0.1, -0.05) is 28.1 Å². The number of benzene rings is 1. The van der Waals surface area contributed by atoms with E-state index in [2.05, 4.69) is 27.3 Å². The summed E-state index contributed by atoms with van der Waals surface area (Å²) >= 11 is 3.44. The first-order chi connectivity index (χ1) is 6.85. The Bertz CT molecular complexity index is 351. The molecule has 0 aromatic heterocycles. The monoisotopic (exact) mass is 253 g/mol. The number of carbonyl (C=O) groups is 1. The number of alkyl halides is 1. The van der Waals surface area contributed by atoms with Crippen LogP contribution in [0.1, 0.15) is 11.1 Å². The zero-order valence-corrected chi connectivity index (χ0v) is 9.38. The Morgan fingerprint density at radius 1 is 1.57 bits per heavy atom. The summed E-state index contributed by atoms with van der Waals surface area (Å²) in [6.07, 6.45) is 2.84. The van der Waals surface area contributed by atoms with Crippen LogP contribution in [0.5, 0.6) is 0 Å². The number of nitrogens with one attached hydrogen (secondary N) is 1. The van der Waals surface area contributed by atoms with Gasteiger partial charge in [-0.3, -0.25) is 0 Å². The first-order valence-electron chi connectivity index (χ1n) is 4.73. The van der Waals surface area contributed by atoms with E-state index in [9.17, 15) is 4.79 Å². The molecular formula is C11H12BrNO. The Labute approximate surface area is 91.8 Å². The molecule has 2 nitrogen and oxygen atoms in total. The molecule has 0 radical (unpaired) electrons. The van der Waals surface area contributed by atoms with Gasteiger partial charge in [-0.15, -0.1) is 0 Å². The lowest BCUT2D eigenvalue weighted by molar-refractivity contribution is -0.108. The SMILES string of the molecule is O=CC1Cc2c(CCBr)cccc2N1. The largest absolute Gasteiger partial charge is 0.375 e. The molecule has 0 amide bonds. The van der Waals surface area contributed by atoms with Crippen LogP contribution in [-0.2, 0) is 17.6 Å². The number of fused-ring (bicyclic) bond motifs is 1. The fraction of sp³-hybridized carbons (Fsp3) is 0.364. The smallest absolute Gasteiger partial charge is 0.142 e. The van der Waals surface area contributed by atoms with Crippen LogP contribution in [0.25, 0.3) is 0 Å². The third-order valence-electron chi connectivity index (χ3n) is 2.57. The number of rotatable bonds is 3. The number of halogens is 1. The van der Waals surface area contributed by atoms with Crippen molar-refractivity contribution in [3.05, 3.63) is 29.3 Å². The number of hydrogen-bond donors (Lipinski definition) is 1. The van der Waals surface area contributed by atoms with Gasteiger partial charge in [0.15, 0.2) is 0 Å². The highest BCUT2D eigenvalue weighted by atomic mass is 79.9. The summed E-state index contributed by atoms with van der Waals surface area (Å²) in [5.41, 5.74) is 3.78. The summed E-state index contributed by atoms with van der Waals surface area (Å²) < 4.78 is 0. The van der Waals surface area contributed by atoms with Crippen molar-refractivity contribution in [2.75, 3.05) is 10.6 Å². The van der Waals surface area contributed by atoms with Crippen molar-refractivity contribution in [2.45, 2.75) is 18.9 Å². The second-order valence-corrected chi connectivity index (χ2v) is 4.27. The van der Waals surface area contributed by atoms with E-state index in [1.807, 2.05) is 12.1 Å². The van der Waals surface area contributed by atoms with E-state index in [1.165, 1.54) is 11.1 Å². The van der Waals surface area contributed by atoms with Gasteiger partial charge in [0.1, 0.15) is 6.29 Å². The van der Waals surface area contributed by atoms with Gasteiger partial charge >= 0.3 is 0 Å². The molecule has 3 heteroatoms. The first kappa shape index (κ1) is 9.71. The van der Waals surface area contributed by atoms with Crippen molar-refractivity contribution in [1.29, 1.82) is 0 Å². The van der Waals surface area contributed by atoms with Crippen LogP contribution in [0.4, 0.5) is 5.69 Å². The van der Waals surface area contributed by atoms with E-state index in [0.29, 0.717) is 0 Å². The fourth-order valence-corrected chi connectivity index (χ4v) is 2.33. The van der Waals surface area contributed by atoms with Gasteiger partial charge in [0.2, 0.25) is 0 Å². The number of aryl methyl sites for hydroxylation is 1. The van der Waals surface area contributed by atoms with Crippen molar-refractivity contribution in [3.8, 4) is 0 Å². The van der Waals surface area contributed by atoms with Gasteiger partial charge < -0.3 is 10.1 Å². The summed E-state index contributed by atoms with van der Waals surface area (Å²) in [6.45, 7) is 0. The van der Waals surface area contributed by atoms with Crippen molar-refractivity contribution in [1.82, 2.24) is 0 Å². The number of anilines is 1. The van der Waals surface area contributed by atoms with Gasteiger partial charge in [0.05, 0.1) is 6.04 Å². The van der Waals surface area contributed by atoms with Crippen molar-refractivity contribution in [2.24, 2.45) is 0 Å². The number of carbonyl (C=O) groups excluding carboxylic acids is 1. The van der Waals surface area contributed by atoms with Crippen LogP contribution < -0.4 is 5.32 Å². The lowest BCUT2D eigenvalue weighted by Crippen LogP contribution is -2.16. The summed E-state index contributed by atoms with van der Waals surface area (Å²) in [5.74, 6) is 0. The highest BCUT2D eigenvalue weighted by Crippen LogP contribution is 2.28. The maximum atomic E-state index is 10.7. The summed E-state index contributed by atoms with van der Waals surface area (Å²) in [6, 6.07) is 6.18. The molecule has 0 saturated carbocycles. The van der Waals surface area contributed by atoms with Crippen molar-refractivity contribution >= 4 is 27.9 Å². The molecule has 1 aliphatic rings. The molecule has 1 atom stereocenters. The third-order valence-corrected chi connectivity index (χ3v) is 2.96. The normalized spacial score (nSPS) is 18.8. The second kappa shape index (κ2) is 4.13. The molecule has 14 heavy (non-hydrogen) atoms. The number of hydrogen-bond acceptors (Lipinski definition) is 2. The highest BCUT2D eigenvalue weighted by Gasteiger charge is 2.21. The van der Waals surface area contributed by atoms with E-state index >= 15 is 0 Å². The molecule has 0 aliphatic carbocycles. The molecule has 74 valence electrons. The van der Waals surface area contributed by atoms with Crippen LogP contribution in [-0.4, -0.2) is 17.7 Å².